The van der Waals surface area contributed by atoms with E-state index >= 15 is 0 Å². The lowest BCUT2D eigenvalue weighted by atomic mass is 9.84. The molecule has 4 heteroatoms. The summed E-state index contributed by atoms with van der Waals surface area (Å²) in [5.74, 6) is 0.727. The summed E-state index contributed by atoms with van der Waals surface area (Å²) in [5.41, 5.74) is 7.14. The van der Waals surface area contributed by atoms with Gasteiger partial charge in [-0.05, 0) is 38.2 Å². The molecule has 3 atom stereocenters. The number of amides is 1. The van der Waals surface area contributed by atoms with Crippen molar-refractivity contribution in [3.8, 4) is 0 Å². The van der Waals surface area contributed by atoms with Crippen LogP contribution in [0, 0.1) is 11.8 Å². The van der Waals surface area contributed by atoms with Gasteiger partial charge in [-0.1, -0.05) is 43.7 Å². The summed E-state index contributed by atoms with van der Waals surface area (Å²) in [7, 11) is 0. The number of halogens is 1. The monoisotopic (exact) mass is 324 g/mol. The van der Waals surface area contributed by atoms with Gasteiger partial charge in [0.25, 0.3) is 0 Å². The lowest BCUT2D eigenvalue weighted by molar-refractivity contribution is -0.139. The maximum absolute atomic E-state index is 12.8. The number of nitrogens with zero attached hydrogens (tertiary/aromatic N) is 1. The molecule has 0 spiro atoms. The van der Waals surface area contributed by atoms with E-state index in [-0.39, 0.29) is 36.3 Å². The predicted octanol–water partition coefficient (Wildman–Crippen LogP) is 3.78. The van der Waals surface area contributed by atoms with Crippen LogP contribution < -0.4 is 5.73 Å². The lowest BCUT2D eigenvalue weighted by Crippen LogP contribution is -2.45. The van der Waals surface area contributed by atoms with E-state index in [4.69, 9.17) is 5.73 Å². The van der Waals surface area contributed by atoms with Crippen molar-refractivity contribution in [1.29, 1.82) is 0 Å². The van der Waals surface area contributed by atoms with Gasteiger partial charge in [0.1, 0.15) is 0 Å². The summed E-state index contributed by atoms with van der Waals surface area (Å²) in [5, 5.41) is 0. The van der Waals surface area contributed by atoms with Gasteiger partial charge in [-0.2, -0.15) is 0 Å². The van der Waals surface area contributed by atoms with Crippen LogP contribution in [0.1, 0.15) is 51.6 Å². The highest BCUT2D eigenvalue weighted by atomic mass is 35.5. The second-order valence-electron chi connectivity index (χ2n) is 6.52. The molecule has 3 unspecified atom stereocenters. The fourth-order valence-corrected chi connectivity index (χ4v) is 2.79. The van der Waals surface area contributed by atoms with E-state index in [0.717, 1.165) is 6.54 Å². The Balaban J connectivity index is 0.00000242. The highest BCUT2D eigenvalue weighted by Crippen LogP contribution is 2.31. The van der Waals surface area contributed by atoms with Crippen LogP contribution in [0.2, 0.25) is 0 Å². The Hall–Kier alpha value is -1.06. The van der Waals surface area contributed by atoms with Crippen molar-refractivity contribution < 1.29 is 4.79 Å². The van der Waals surface area contributed by atoms with Gasteiger partial charge in [0.2, 0.25) is 5.91 Å². The van der Waals surface area contributed by atoms with E-state index in [1.54, 1.807) is 0 Å². The topological polar surface area (TPSA) is 46.3 Å². The Bertz CT molecular complexity index is 459. The summed E-state index contributed by atoms with van der Waals surface area (Å²) in [4.78, 5) is 14.9. The summed E-state index contributed by atoms with van der Waals surface area (Å²) in [6.45, 7) is 6.85. The molecule has 2 rings (SSSR count). The molecule has 124 valence electrons. The first-order valence-electron chi connectivity index (χ1n) is 8.11. The SMILES string of the molecule is CC(N)C(C)C(=O)N(CC1CCC1)C(C)c1ccccc1.Cl. The molecule has 0 radical (unpaired) electrons. The third-order valence-corrected chi connectivity index (χ3v) is 4.89. The molecule has 1 aromatic rings. The van der Waals surface area contributed by atoms with Crippen LogP contribution in [0.25, 0.3) is 0 Å². The van der Waals surface area contributed by atoms with Gasteiger partial charge in [-0.3, -0.25) is 4.79 Å². The van der Waals surface area contributed by atoms with E-state index in [0.29, 0.717) is 5.92 Å². The zero-order valence-electron chi connectivity index (χ0n) is 13.9. The fraction of sp³-hybridized carbons (Fsp3) is 0.611. The van der Waals surface area contributed by atoms with Gasteiger partial charge in [0.15, 0.2) is 0 Å². The number of rotatable bonds is 6. The van der Waals surface area contributed by atoms with Crippen molar-refractivity contribution in [1.82, 2.24) is 4.90 Å². The molecule has 1 saturated carbocycles. The first-order valence-corrected chi connectivity index (χ1v) is 8.11. The first kappa shape index (κ1) is 19.0. The Morgan fingerprint density at radius 1 is 1.23 bits per heavy atom. The van der Waals surface area contributed by atoms with Crippen molar-refractivity contribution in [2.75, 3.05) is 6.54 Å². The highest BCUT2D eigenvalue weighted by Gasteiger charge is 2.31. The second kappa shape index (κ2) is 8.54. The molecule has 1 aliphatic carbocycles. The number of hydrogen-bond acceptors (Lipinski definition) is 2. The van der Waals surface area contributed by atoms with Crippen LogP contribution in [-0.4, -0.2) is 23.4 Å². The van der Waals surface area contributed by atoms with E-state index in [9.17, 15) is 4.79 Å². The minimum Gasteiger partial charge on any atom is -0.335 e. The molecule has 0 heterocycles. The molecule has 0 bridgehead atoms. The van der Waals surface area contributed by atoms with E-state index in [1.807, 2.05) is 36.9 Å². The van der Waals surface area contributed by atoms with Crippen LogP contribution in [0.3, 0.4) is 0 Å². The van der Waals surface area contributed by atoms with Crippen LogP contribution >= 0.6 is 12.4 Å². The molecule has 1 amide bonds. The molecule has 3 nitrogen and oxygen atoms in total. The van der Waals surface area contributed by atoms with Crippen molar-refractivity contribution >= 4 is 18.3 Å². The van der Waals surface area contributed by atoms with Gasteiger partial charge < -0.3 is 10.6 Å². The zero-order valence-corrected chi connectivity index (χ0v) is 14.7. The largest absolute Gasteiger partial charge is 0.335 e. The molecule has 0 aromatic heterocycles. The van der Waals surface area contributed by atoms with Crippen molar-refractivity contribution in [2.24, 2.45) is 17.6 Å². The normalized spacial score (nSPS) is 18.5. The van der Waals surface area contributed by atoms with Crippen LogP contribution in [0.5, 0.6) is 0 Å². The molecule has 1 aromatic carbocycles. The summed E-state index contributed by atoms with van der Waals surface area (Å²) in [6.07, 6.45) is 3.80. The van der Waals surface area contributed by atoms with Crippen molar-refractivity contribution in [2.45, 2.75) is 52.1 Å². The van der Waals surface area contributed by atoms with Crippen molar-refractivity contribution in [3.63, 3.8) is 0 Å². The summed E-state index contributed by atoms with van der Waals surface area (Å²) < 4.78 is 0. The first-order chi connectivity index (χ1) is 10.0. The van der Waals surface area contributed by atoms with E-state index < -0.39 is 0 Å². The number of benzene rings is 1. The van der Waals surface area contributed by atoms with Gasteiger partial charge in [0, 0.05) is 12.6 Å². The second-order valence-corrected chi connectivity index (χ2v) is 6.52. The van der Waals surface area contributed by atoms with Gasteiger partial charge in [0.05, 0.1) is 12.0 Å². The molecule has 0 saturated heterocycles. The molecular weight excluding hydrogens is 296 g/mol. The molecular formula is C18H29ClN2O. The Morgan fingerprint density at radius 2 is 1.82 bits per heavy atom. The number of carbonyl (C=O) groups is 1. The zero-order chi connectivity index (χ0) is 15.4. The van der Waals surface area contributed by atoms with Gasteiger partial charge in [-0.25, -0.2) is 0 Å². The van der Waals surface area contributed by atoms with Crippen LogP contribution in [0.15, 0.2) is 30.3 Å². The highest BCUT2D eigenvalue weighted by molar-refractivity contribution is 5.85. The number of hydrogen-bond donors (Lipinski definition) is 1. The van der Waals surface area contributed by atoms with Gasteiger partial charge in [-0.15, -0.1) is 12.4 Å². The number of nitrogens with two attached hydrogens (primary N) is 1. The molecule has 1 aliphatic rings. The third-order valence-electron chi connectivity index (χ3n) is 4.89. The number of carbonyl (C=O) groups excluding carboxylic acids is 1. The predicted molar refractivity (Wildman–Crippen MR) is 94.0 cm³/mol. The quantitative estimate of drug-likeness (QED) is 0.865. The molecule has 22 heavy (non-hydrogen) atoms. The van der Waals surface area contributed by atoms with Gasteiger partial charge >= 0.3 is 0 Å². The molecule has 0 aliphatic heterocycles. The lowest BCUT2D eigenvalue weighted by Gasteiger charge is -2.38. The fourth-order valence-electron chi connectivity index (χ4n) is 2.79. The molecule has 1 fully saturated rings. The average molecular weight is 325 g/mol. The van der Waals surface area contributed by atoms with Crippen LogP contribution in [-0.2, 0) is 4.79 Å². The smallest absolute Gasteiger partial charge is 0.227 e. The van der Waals surface area contributed by atoms with Crippen molar-refractivity contribution in [3.05, 3.63) is 35.9 Å². The van der Waals surface area contributed by atoms with E-state index in [1.165, 1.54) is 24.8 Å². The van der Waals surface area contributed by atoms with E-state index in [2.05, 4.69) is 19.1 Å². The third kappa shape index (κ3) is 4.47. The maximum Gasteiger partial charge on any atom is 0.227 e. The Morgan fingerprint density at radius 3 is 2.27 bits per heavy atom. The summed E-state index contributed by atoms with van der Waals surface area (Å²) in [6, 6.07) is 10.3. The molecule has 2 N–H and O–H groups in total. The Kier molecular flexibility index (Phi) is 7.37. The minimum atomic E-state index is -0.128. The summed E-state index contributed by atoms with van der Waals surface area (Å²) >= 11 is 0. The Labute approximate surface area is 140 Å². The van der Waals surface area contributed by atoms with Crippen LogP contribution in [0.4, 0.5) is 0 Å². The minimum absolute atomic E-state index is 0. The maximum atomic E-state index is 12.8. The average Bonchev–Trinajstić information content (AvgIpc) is 2.45. The standard InChI is InChI=1S/C18H28N2O.ClH/c1-13(14(2)19)18(21)20(12-16-8-7-9-16)15(3)17-10-5-4-6-11-17;/h4-6,10-11,13-16H,7-9,12,19H2,1-3H3;1H.